The van der Waals surface area contributed by atoms with Crippen molar-refractivity contribution in [3.05, 3.63) is 0 Å². The number of hydrogen-bond donors (Lipinski definition) is 3. The number of hydrogen-bond acceptors (Lipinski definition) is 4. The number of imide groups is 1. The van der Waals surface area contributed by atoms with Crippen LogP contribution in [0.1, 0.15) is 26.2 Å². The van der Waals surface area contributed by atoms with Crippen LogP contribution in [0.3, 0.4) is 0 Å². The zero-order chi connectivity index (χ0) is 14.4. The molecule has 7 heteroatoms. The van der Waals surface area contributed by atoms with E-state index in [1.54, 1.807) is 6.92 Å². The van der Waals surface area contributed by atoms with E-state index in [0.29, 0.717) is 0 Å². The van der Waals surface area contributed by atoms with Crippen LogP contribution in [0.5, 0.6) is 0 Å². The summed E-state index contributed by atoms with van der Waals surface area (Å²) in [5, 5.41) is 13.5. The summed E-state index contributed by atoms with van der Waals surface area (Å²) in [6.45, 7) is 3.36. The molecular formula is C12H21N3O4. The van der Waals surface area contributed by atoms with E-state index in [9.17, 15) is 14.4 Å². The first-order valence-corrected chi connectivity index (χ1v) is 6.37. The highest BCUT2D eigenvalue weighted by Gasteiger charge is 2.22. The number of carbonyl (C=O) groups excluding carboxylic acids is 2. The Morgan fingerprint density at radius 3 is 2.58 bits per heavy atom. The summed E-state index contributed by atoms with van der Waals surface area (Å²) in [6, 6.07) is -0.443. The third-order valence-electron chi connectivity index (χ3n) is 3.04. The molecule has 0 spiro atoms. The number of amides is 3. The van der Waals surface area contributed by atoms with Crippen LogP contribution >= 0.6 is 0 Å². The van der Waals surface area contributed by atoms with Gasteiger partial charge in [-0.3, -0.25) is 14.9 Å². The second-order valence-electron chi connectivity index (χ2n) is 5.18. The van der Waals surface area contributed by atoms with Crippen LogP contribution in [0.2, 0.25) is 0 Å². The molecule has 0 aromatic heterocycles. The van der Waals surface area contributed by atoms with Crippen molar-refractivity contribution in [1.29, 1.82) is 0 Å². The third-order valence-corrected chi connectivity index (χ3v) is 3.04. The molecule has 0 bridgehead atoms. The number of nitrogens with one attached hydrogen (secondary N) is 2. The van der Waals surface area contributed by atoms with Gasteiger partial charge in [-0.25, -0.2) is 4.79 Å². The number of likely N-dealkylation sites (tertiary alicyclic amines) is 1. The van der Waals surface area contributed by atoms with Gasteiger partial charge >= 0.3 is 12.0 Å². The first-order valence-electron chi connectivity index (χ1n) is 6.37. The molecule has 0 saturated carbocycles. The Kier molecular flexibility index (Phi) is 5.75. The lowest BCUT2D eigenvalue weighted by Crippen LogP contribution is -2.45. The number of carboxylic acid groups (broad SMARTS) is 1. The molecule has 1 rings (SSSR count). The maximum atomic E-state index is 11.5. The topological polar surface area (TPSA) is 98.7 Å². The third kappa shape index (κ3) is 6.19. The van der Waals surface area contributed by atoms with Crippen LogP contribution in [0, 0.1) is 5.92 Å². The molecule has 19 heavy (non-hydrogen) atoms. The first-order chi connectivity index (χ1) is 8.86. The Labute approximate surface area is 112 Å². The lowest BCUT2D eigenvalue weighted by molar-refractivity contribution is -0.138. The normalized spacial score (nSPS) is 20.8. The summed E-state index contributed by atoms with van der Waals surface area (Å²) >= 11 is 0. The molecule has 2 atom stereocenters. The van der Waals surface area contributed by atoms with E-state index in [4.69, 9.17) is 5.11 Å². The average Bonchev–Trinajstić information content (AvgIpc) is 2.61. The zero-order valence-corrected chi connectivity index (χ0v) is 11.3. The van der Waals surface area contributed by atoms with E-state index >= 15 is 0 Å². The predicted octanol–water partition coefficient (Wildman–Crippen LogP) is 0.0172. The van der Waals surface area contributed by atoms with E-state index in [1.807, 2.05) is 7.05 Å². The summed E-state index contributed by atoms with van der Waals surface area (Å²) < 4.78 is 0. The number of aliphatic carboxylic acids is 1. The second-order valence-corrected chi connectivity index (χ2v) is 5.18. The molecule has 3 amide bonds. The highest BCUT2D eigenvalue weighted by Crippen LogP contribution is 2.07. The predicted molar refractivity (Wildman–Crippen MR) is 68.6 cm³/mol. The van der Waals surface area contributed by atoms with Gasteiger partial charge in [-0.05, 0) is 25.9 Å². The van der Waals surface area contributed by atoms with Crippen molar-refractivity contribution in [2.75, 3.05) is 20.1 Å². The van der Waals surface area contributed by atoms with Gasteiger partial charge in [0.25, 0.3) is 0 Å². The maximum absolute atomic E-state index is 11.5. The quantitative estimate of drug-likeness (QED) is 0.654. The van der Waals surface area contributed by atoms with Gasteiger partial charge in [-0.15, -0.1) is 0 Å². The molecule has 0 radical (unpaired) electrons. The fourth-order valence-electron chi connectivity index (χ4n) is 2.14. The minimum Gasteiger partial charge on any atom is -0.481 e. The zero-order valence-electron chi connectivity index (χ0n) is 11.3. The lowest BCUT2D eigenvalue weighted by atomic mass is 10.0. The second kappa shape index (κ2) is 7.08. The van der Waals surface area contributed by atoms with Gasteiger partial charge in [-0.2, -0.15) is 0 Å². The van der Waals surface area contributed by atoms with Gasteiger partial charge < -0.3 is 15.3 Å². The van der Waals surface area contributed by atoms with E-state index in [-0.39, 0.29) is 24.8 Å². The van der Waals surface area contributed by atoms with Crippen molar-refractivity contribution in [2.24, 2.45) is 5.92 Å². The number of carbonyl (C=O) groups is 3. The Balaban J connectivity index is 2.24. The SMILES string of the molecule is CC(CC(=O)O)CC(=O)NC(=O)NC1CCN(C)C1. The highest BCUT2D eigenvalue weighted by molar-refractivity contribution is 5.94. The molecule has 0 aromatic carbocycles. The molecule has 0 aromatic rings. The molecular weight excluding hydrogens is 250 g/mol. The minimum absolute atomic E-state index is 0.0320. The number of carboxylic acids is 1. The summed E-state index contributed by atoms with van der Waals surface area (Å²) in [6.07, 6.45) is 0.820. The van der Waals surface area contributed by atoms with Crippen molar-refractivity contribution in [2.45, 2.75) is 32.2 Å². The van der Waals surface area contributed by atoms with Crippen molar-refractivity contribution < 1.29 is 19.5 Å². The smallest absolute Gasteiger partial charge is 0.321 e. The summed E-state index contributed by atoms with van der Waals surface area (Å²) in [7, 11) is 1.97. The van der Waals surface area contributed by atoms with E-state index in [2.05, 4.69) is 15.5 Å². The van der Waals surface area contributed by atoms with Gasteiger partial charge in [0.2, 0.25) is 5.91 Å². The van der Waals surface area contributed by atoms with Gasteiger partial charge in [0, 0.05) is 25.4 Å². The van der Waals surface area contributed by atoms with Crippen LogP contribution in [-0.2, 0) is 9.59 Å². The fraction of sp³-hybridized carbons (Fsp3) is 0.750. The Hall–Kier alpha value is -1.63. The van der Waals surface area contributed by atoms with Crippen molar-refractivity contribution in [3.63, 3.8) is 0 Å². The first kappa shape index (κ1) is 15.4. The lowest BCUT2D eigenvalue weighted by Gasteiger charge is -2.14. The molecule has 2 unspecified atom stereocenters. The summed E-state index contributed by atoms with van der Waals surface area (Å²) in [4.78, 5) is 35.6. The van der Waals surface area contributed by atoms with Crippen LogP contribution in [0.15, 0.2) is 0 Å². The minimum atomic E-state index is -0.946. The summed E-state index contributed by atoms with van der Waals surface area (Å²) in [5.74, 6) is -1.68. The molecule has 1 fully saturated rings. The van der Waals surface area contributed by atoms with Crippen LogP contribution in [0.4, 0.5) is 4.79 Å². The molecule has 0 aliphatic carbocycles. The fourth-order valence-corrected chi connectivity index (χ4v) is 2.14. The number of likely N-dealkylation sites (N-methyl/N-ethyl adjacent to an activating group) is 1. The number of nitrogens with zero attached hydrogens (tertiary/aromatic N) is 1. The summed E-state index contributed by atoms with van der Waals surface area (Å²) in [5.41, 5.74) is 0. The maximum Gasteiger partial charge on any atom is 0.321 e. The molecule has 1 aliphatic heterocycles. The average molecular weight is 271 g/mol. The Morgan fingerprint density at radius 2 is 2.05 bits per heavy atom. The van der Waals surface area contributed by atoms with Gasteiger partial charge in [-0.1, -0.05) is 6.92 Å². The van der Waals surface area contributed by atoms with Gasteiger partial charge in [0.1, 0.15) is 0 Å². The molecule has 1 aliphatic rings. The standard InChI is InChI=1S/C12H21N3O4/c1-8(6-11(17)18)5-10(16)14-12(19)13-9-3-4-15(2)7-9/h8-9H,3-7H2,1-2H3,(H,17,18)(H2,13,14,16,19). The van der Waals surface area contributed by atoms with E-state index in [1.165, 1.54) is 0 Å². The number of rotatable bonds is 5. The van der Waals surface area contributed by atoms with Gasteiger partial charge in [0.15, 0.2) is 0 Å². The monoisotopic (exact) mass is 271 g/mol. The molecule has 1 saturated heterocycles. The van der Waals surface area contributed by atoms with Crippen LogP contribution < -0.4 is 10.6 Å². The van der Waals surface area contributed by atoms with E-state index in [0.717, 1.165) is 19.5 Å². The Bertz CT molecular complexity index is 359. The van der Waals surface area contributed by atoms with Crippen LogP contribution in [-0.4, -0.2) is 54.1 Å². The van der Waals surface area contributed by atoms with E-state index < -0.39 is 17.9 Å². The van der Waals surface area contributed by atoms with Crippen molar-refractivity contribution >= 4 is 17.9 Å². The van der Waals surface area contributed by atoms with Crippen LogP contribution in [0.25, 0.3) is 0 Å². The number of urea groups is 1. The molecule has 7 nitrogen and oxygen atoms in total. The van der Waals surface area contributed by atoms with Gasteiger partial charge in [0.05, 0.1) is 0 Å². The largest absolute Gasteiger partial charge is 0.481 e. The molecule has 1 heterocycles. The van der Waals surface area contributed by atoms with Crippen molar-refractivity contribution in [3.8, 4) is 0 Å². The Morgan fingerprint density at radius 1 is 1.37 bits per heavy atom. The highest BCUT2D eigenvalue weighted by atomic mass is 16.4. The molecule has 108 valence electrons. The van der Waals surface area contributed by atoms with Crippen molar-refractivity contribution in [1.82, 2.24) is 15.5 Å². The molecule has 3 N–H and O–H groups in total.